The Labute approximate surface area is 149 Å². The summed E-state index contributed by atoms with van der Waals surface area (Å²) in [5.74, 6) is -0.430. The van der Waals surface area contributed by atoms with E-state index in [0.29, 0.717) is 11.3 Å². The zero-order valence-corrected chi connectivity index (χ0v) is 13.6. The summed E-state index contributed by atoms with van der Waals surface area (Å²) in [5, 5.41) is 22.0. The van der Waals surface area contributed by atoms with Crippen LogP contribution in [0.3, 0.4) is 0 Å². The van der Waals surface area contributed by atoms with E-state index in [9.17, 15) is 9.90 Å². The number of benzene rings is 2. The van der Waals surface area contributed by atoms with Gasteiger partial charge in [0.05, 0.1) is 17.6 Å². The number of carbonyl (C=O) groups excluding carboxylic acids is 1. The van der Waals surface area contributed by atoms with Crippen molar-refractivity contribution < 1.29 is 9.90 Å². The highest BCUT2D eigenvalue weighted by Gasteiger charge is 2.04. The van der Waals surface area contributed by atoms with Crippen LogP contribution in [0, 0.1) is 0 Å². The van der Waals surface area contributed by atoms with Crippen LogP contribution < -0.4 is 5.43 Å². The molecule has 26 heavy (non-hydrogen) atoms. The van der Waals surface area contributed by atoms with E-state index in [2.05, 4.69) is 25.7 Å². The normalized spacial score (nSPS) is 11.1. The van der Waals surface area contributed by atoms with Crippen molar-refractivity contribution in [3.63, 3.8) is 0 Å². The summed E-state index contributed by atoms with van der Waals surface area (Å²) in [6.45, 7) is 0. The lowest BCUT2D eigenvalue weighted by atomic mass is 10.2. The maximum absolute atomic E-state index is 11.9. The van der Waals surface area contributed by atoms with E-state index >= 15 is 0 Å². The van der Waals surface area contributed by atoms with Crippen LogP contribution in [0.25, 0.3) is 0 Å². The number of hydrazone groups is 1. The van der Waals surface area contributed by atoms with Gasteiger partial charge >= 0.3 is 0 Å². The lowest BCUT2D eigenvalue weighted by Gasteiger charge is -2.01. The second-order valence-corrected chi connectivity index (χ2v) is 5.19. The fourth-order valence-electron chi connectivity index (χ4n) is 2.03. The van der Waals surface area contributed by atoms with Gasteiger partial charge in [-0.25, -0.2) is 5.43 Å². The highest BCUT2D eigenvalue weighted by atomic mass is 16.3. The topological polar surface area (TPSA) is 99.3 Å². The molecule has 0 saturated carbocycles. The summed E-state index contributed by atoms with van der Waals surface area (Å²) >= 11 is 0. The van der Waals surface area contributed by atoms with E-state index in [1.807, 2.05) is 30.3 Å². The van der Waals surface area contributed by atoms with Crippen molar-refractivity contribution in [3.05, 3.63) is 84.2 Å². The van der Waals surface area contributed by atoms with E-state index in [4.69, 9.17) is 0 Å². The number of aromatic hydroxyl groups is 1. The largest absolute Gasteiger partial charge is 0.507 e. The molecule has 0 spiro atoms. The second-order valence-electron chi connectivity index (χ2n) is 5.19. The molecule has 1 amide bonds. The van der Waals surface area contributed by atoms with Gasteiger partial charge in [0.15, 0.2) is 0 Å². The molecule has 3 aromatic rings. The molecule has 0 radical (unpaired) electrons. The Kier molecular flexibility index (Phi) is 5.41. The SMILES string of the molecule is O=C(N/N=C/c1cc(N=Nc2ccccc2)ccc1O)c1ccccn1. The third kappa shape index (κ3) is 4.57. The van der Waals surface area contributed by atoms with Gasteiger partial charge in [-0.05, 0) is 42.5 Å². The highest BCUT2D eigenvalue weighted by Crippen LogP contribution is 2.23. The fourth-order valence-corrected chi connectivity index (χ4v) is 2.03. The molecule has 0 aliphatic heterocycles. The molecular formula is C19H15N5O2. The third-order valence-corrected chi connectivity index (χ3v) is 3.32. The van der Waals surface area contributed by atoms with Crippen molar-refractivity contribution in [2.75, 3.05) is 0 Å². The van der Waals surface area contributed by atoms with Gasteiger partial charge in [-0.2, -0.15) is 15.3 Å². The average Bonchev–Trinajstić information content (AvgIpc) is 2.69. The van der Waals surface area contributed by atoms with Crippen molar-refractivity contribution in [1.82, 2.24) is 10.4 Å². The van der Waals surface area contributed by atoms with E-state index in [0.717, 1.165) is 5.69 Å². The molecule has 2 N–H and O–H groups in total. The van der Waals surface area contributed by atoms with Crippen molar-refractivity contribution >= 4 is 23.5 Å². The standard InChI is InChI=1S/C19H15N5O2/c25-18-10-9-16(23-22-15-6-2-1-3-7-15)12-14(18)13-21-24-19(26)17-8-4-5-11-20-17/h1-13,25H,(H,24,26)/b21-13+,23-22?. The van der Waals surface area contributed by atoms with Crippen LogP contribution in [0.4, 0.5) is 11.4 Å². The Hall–Kier alpha value is -3.87. The summed E-state index contributed by atoms with van der Waals surface area (Å²) in [7, 11) is 0. The average molecular weight is 345 g/mol. The highest BCUT2D eigenvalue weighted by molar-refractivity contribution is 5.93. The number of nitrogens with one attached hydrogen (secondary N) is 1. The maximum Gasteiger partial charge on any atom is 0.289 e. The summed E-state index contributed by atoms with van der Waals surface area (Å²) in [6.07, 6.45) is 2.85. The summed E-state index contributed by atoms with van der Waals surface area (Å²) in [6, 6.07) is 19.0. The first-order chi connectivity index (χ1) is 12.7. The molecule has 1 aromatic heterocycles. The van der Waals surface area contributed by atoms with Gasteiger partial charge in [0.2, 0.25) is 0 Å². The molecular weight excluding hydrogens is 330 g/mol. The van der Waals surface area contributed by atoms with Gasteiger partial charge in [-0.1, -0.05) is 24.3 Å². The molecule has 1 heterocycles. The molecule has 7 nitrogen and oxygen atoms in total. The molecule has 3 rings (SSSR count). The van der Waals surface area contributed by atoms with Crippen molar-refractivity contribution in [1.29, 1.82) is 0 Å². The predicted molar refractivity (Wildman–Crippen MR) is 98.0 cm³/mol. The molecule has 0 atom stereocenters. The molecule has 2 aromatic carbocycles. The lowest BCUT2D eigenvalue weighted by Crippen LogP contribution is -2.18. The fraction of sp³-hybridized carbons (Fsp3) is 0. The Morgan fingerprint density at radius 3 is 2.50 bits per heavy atom. The van der Waals surface area contributed by atoms with Crippen LogP contribution in [-0.2, 0) is 0 Å². The molecule has 0 fully saturated rings. The van der Waals surface area contributed by atoms with Crippen LogP contribution >= 0.6 is 0 Å². The number of pyridine rings is 1. The van der Waals surface area contributed by atoms with Crippen LogP contribution in [0.2, 0.25) is 0 Å². The monoisotopic (exact) mass is 345 g/mol. The molecule has 0 saturated heterocycles. The molecule has 0 bridgehead atoms. The van der Waals surface area contributed by atoms with E-state index in [1.165, 1.54) is 18.5 Å². The number of aromatic nitrogens is 1. The number of amides is 1. The van der Waals surface area contributed by atoms with Crippen molar-refractivity contribution in [2.45, 2.75) is 0 Å². The first-order valence-electron chi connectivity index (χ1n) is 7.76. The minimum Gasteiger partial charge on any atom is -0.507 e. The van der Waals surface area contributed by atoms with Gasteiger partial charge in [-0.3, -0.25) is 9.78 Å². The van der Waals surface area contributed by atoms with Gasteiger partial charge < -0.3 is 5.11 Å². The summed E-state index contributed by atoms with van der Waals surface area (Å²) in [4.78, 5) is 15.8. The zero-order valence-electron chi connectivity index (χ0n) is 13.6. The minimum absolute atomic E-state index is 0.0134. The van der Waals surface area contributed by atoms with E-state index < -0.39 is 5.91 Å². The quantitative estimate of drug-likeness (QED) is 0.416. The van der Waals surface area contributed by atoms with Crippen LogP contribution in [0.1, 0.15) is 16.1 Å². The number of phenols is 1. The Balaban J connectivity index is 1.69. The van der Waals surface area contributed by atoms with Gasteiger partial charge in [-0.15, -0.1) is 0 Å². The molecule has 0 aliphatic carbocycles. The number of hydrogen-bond donors (Lipinski definition) is 2. The first kappa shape index (κ1) is 17.0. The minimum atomic E-state index is -0.443. The van der Waals surface area contributed by atoms with Gasteiger partial charge in [0.25, 0.3) is 5.91 Å². The van der Waals surface area contributed by atoms with Gasteiger partial charge in [0, 0.05) is 11.8 Å². The number of phenolic OH excluding ortho intramolecular Hbond substituents is 1. The smallest absolute Gasteiger partial charge is 0.289 e. The maximum atomic E-state index is 11.9. The number of nitrogens with zero attached hydrogens (tertiary/aromatic N) is 4. The number of azo groups is 1. The second kappa shape index (κ2) is 8.29. The Bertz CT molecular complexity index is 941. The van der Waals surface area contributed by atoms with Crippen LogP contribution in [-0.4, -0.2) is 22.2 Å². The third-order valence-electron chi connectivity index (χ3n) is 3.32. The van der Waals surface area contributed by atoms with Crippen molar-refractivity contribution in [2.24, 2.45) is 15.3 Å². The summed E-state index contributed by atoms with van der Waals surface area (Å²) < 4.78 is 0. The molecule has 0 unspecified atom stereocenters. The molecule has 128 valence electrons. The number of hydrogen-bond acceptors (Lipinski definition) is 6. The number of rotatable bonds is 5. The lowest BCUT2D eigenvalue weighted by molar-refractivity contribution is 0.0950. The number of carbonyl (C=O) groups is 1. The van der Waals surface area contributed by atoms with Crippen LogP contribution in [0.5, 0.6) is 5.75 Å². The van der Waals surface area contributed by atoms with Gasteiger partial charge in [0.1, 0.15) is 11.4 Å². The molecule has 0 aliphatic rings. The van der Waals surface area contributed by atoms with E-state index in [-0.39, 0.29) is 11.4 Å². The Morgan fingerprint density at radius 1 is 0.962 bits per heavy atom. The Morgan fingerprint density at radius 2 is 1.73 bits per heavy atom. The first-order valence-corrected chi connectivity index (χ1v) is 7.76. The zero-order chi connectivity index (χ0) is 18.2. The van der Waals surface area contributed by atoms with Crippen LogP contribution in [0.15, 0.2) is 88.3 Å². The van der Waals surface area contributed by atoms with Crippen molar-refractivity contribution in [3.8, 4) is 5.75 Å². The molecule has 7 heteroatoms. The summed E-state index contributed by atoms with van der Waals surface area (Å²) in [5.41, 5.74) is 4.27. The predicted octanol–water partition coefficient (Wildman–Crippen LogP) is 3.97. The van der Waals surface area contributed by atoms with E-state index in [1.54, 1.807) is 30.3 Å².